The molecule has 3 aliphatic rings. The van der Waals surface area contributed by atoms with E-state index in [0.29, 0.717) is 29.7 Å². The lowest BCUT2D eigenvalue weighted by atomic mass is 10.1. The van der Waals surface area contributed by atoms with E-state index in [0.717, 1.165) is 33.8 Å². The van der Waals surface area contributed by atoms with Crippen LogP contribution < -0.4 is 0 Å². The van der Waals surface area contributed by atoms with Crippen LogP contribution in [0.5, 0.6) is 0 Å². The average Bonchev–Trinajstić information content (AvgIpc) is 1.70. The Morgan fingerprint density at radius 2 is 0.804 bits per heavy atom. The summed E-state index contributed by atoms with van der Waals surface area (Å²) in [5.41, 5.74) is 6.82. The number of carbonyl (C=O) groups is 14. The molecule has 30 nitrogen and oxygen atoms in total. The summed E-state index contributed by atoms with van der Waals surface area (Å²) < 4.78 is 94.9. The molecule has 3 aliphatic heterocycles. The monoisotopic (exact) mass is 1590 g/mol. The number of aliphatic carboxylic acids is 3. The Hall–Kier alpha value is -10.7. The number of amides is 3. The van der Waals surface area contributed by atoms with Crippen LogP contribution in [0.1, 0.15) is 212 Å². The van der Waals surface area contributed by atoms with Crippen molar-refractivity contribution < 1.29 is 143 Å². The fourth-order valence-electron chi connectivity index (χ4n) is 9.28. The first kappa shape index (κ1) is 101. The minimum atomic E-state index is -3.43. The molecule has 0 saturated carbocycles. The molecule has 3 aromatic rings. The third-order valence-corrected chi connectivity index (χ3v) is 13.7. The number of carboxylic acid groups (broad SMARTS) is 3. The molecule has 0 radical (unpaired) electrons. The van der Waals surface area contributed by atoms with Gasteiger partial charge in [0.05, 0.1) is 0 Å². The number of carboxylic acids is 3. The van der Waals surface area contributed by atoms with Crippen LogP contribution in [0.3, 0.4) is 0 Å². The highest BCUT2D eigenvalue weighted by molar-refractivity contribution is 6.62. The first-order valence-corrected chi connectivity index (χ1v) is 35.8. The summed E-state index contributed by atoms with van der Waals surface area (Å²) in [6, 6.07) is 21.4. The van der Waals surface area contributed by atoms with E-state index in [9.17, 15) is 84.7 Å². The lowest BCUT2D eigenvalue weighted by Gasteiger charge is -2.29. The van der Waals surface area contributed by atoms with Gasteiger partial charge in [0.2, 0.25) is 0 Å². The quantitative estimate of drug-likeness (QED) is 0.0170. The minimum Gasteiger partial charge on any atom is -0.481 e. The highest BCUT2D eigenvalue weighted by atomic mass is 19.3. The molecule has 3 saturated heterocycles. The molecule has 0 aromatic heterocycles. The molecule has 2 unspecified atom stereocenters. The summed E-state index contributed by atoms with van der Waals surface area (Å²) in [7, 11) is 0. The Morgan fingerprint density at radius 3 is 1.13 bits per heavy atom. The third kappa shape index (κ3) is 43.1. The summed E-state index contributed by atoms with van der Waals surface area (Å²) in [6.45, 7) is 30.4. The van der Waals surface area contributed by atoms with Gasteiger partial charge in [0, 0.05) is 58.2 Å². The van der Waals surface area contributed by atoms with Gasteiger partial charge in [0.15, 0.2) is 23.9 Å². The lowest BCUT2D eigenvalue weighted by Crippen LogP contribution is -2.50. The molecule has 3 amide bonds. The number of hydrogen-bond donors (Lipinski definition) is 3. The molecular weight excluding hydrogens is 1480 g/mol. The van der Waals surface area contributed by atoms with E-state index in [2.05, 4.69) is 4.79 Å². The second-order valence-electron chi connectivity index (χ2n) is 30.0. The summed E-state index contributed by atoms with van der Waals surface area (Å²) in [5, 5.41) is 24.9. The zero-order valence-corrected chi connectivity index (χ0v) is 67.0. The first-order valence-electron chi connectivity index (χ1n) is 35.8. The number of benzene rings is 3. The van der Waals surface area contributed by atoms with Gasteiger partial charge in [-0.05, 0) is 140 Å². The normalized spacial score (nSPS) is 15.8. The molecule has 112 heavy (non-hydrogen) atoms. The molecule has 3 atom stereocenters. The molecule has 3 fully saturated rings. The number of esters is 5. The molecule has 0 aliphatic carbocycles. The van der Waals surface area contributed by atoms with E-state index in [-0.39, 0.29) is 70.3 Å². The maximum Gasteiger partial charge on any atom is 0.441 e. The molecule has 624 valence electrons. The van der Waals surface area contributed by atoms with Crippen LogP contribution in [0.25, 0.3) is 5.53 Å². The molecule has 0 spiro atoms. The number of Topliss-reactive ketones (excluding diaryl/α,β-unsaturated/α-hetero) is 3. The van der Waals surface area contributed by atoms with Crippen LogP contribution in [-0.2, 0) is 110 Å². The second kappa shape index (κ2) is 47.5. The van der Waals surface area contributed by atoms with Crippen molar-refractivity contribution in [1.82, 2.24) is 14.7 Å². The maximum atomic E-state index is 14.1. The Balaban J connectivity index is 0.00000133. The van der Waals surface area contributed by atoms with E-state index in [4.69, 9.17) is 58.7 Å². The number of nitrogens with zero attached hydrogens (tertiary/aromatic N) is 5. The van der Waals surface area contributed by atoms with Gasteiger partial charge in [-0.2, -0.15) is 4.79 Å². The number of hydrogen-bond acceptors (Lipinski definition) is 22. The van der Waals surface area contributed by atoms with Gasteiger partial charge in [-0.3, -0.25) is 48.3 Å². The van der Waals surface area contributed by atoms with Crippen molar-refractivity contribution in [2.75, 3.05) is 19.6 Å². The van der Waals surface area contributed by atoms with E-state index >= 15 is 0 Å². The Kier molecular flexibility index (Phi) is 43.0. The van der Waals surface area contributed by atoms with Gasteiger partial charge >= 0.3 is 71.7 Å². The molecule has 6 rings (SSSR count). The molecule has 0 bridgehead atoms. The fraction of sp³-hybridized carbons (Fsp3) is 0.577. The third-order valence-electron chi connectivity index (χ3n) is 13.7. The number of halogens is 4. The fourth-order valence-corrected chi connectivity index (χ4v) is 9.28. The Morgan fingerprint density at radius 1 is 0.455 bits per heavy atom. The van der Waals surface area contributed by atoms with Gasteiger partial charge in [-0.1, -0.05) is 112 Å². The summed E-state index contributed by atoms with van der Waals surface area (Å²) in [5.74, 6) is -15.1. The van der Waals surface area contributed by atoms with Crippen molar-refractivity contribution in [3.05, 3.63) is 113 Å². The summed E-state index contributed by atoms with van der Waals surface area (Å²) >= 11 is 0. The van der Waals surface area contributed by atoms with Crippen molar-refractivity contribution in [2.45, 2.75) is 273 Å². The number of ketones is 3. The lowest BCUT2D eigenvalue weighted by molar-refractivity contribution is -0.170. The van der Waals surface area contributed by atoms with Crippen LogP contribution in [0.2, 0.25) is 0 Å². The average molecular weight is 1590 g/mol. The van der Waals surface area contributed by atoms with Gasteiger partial charge in [0.25, 0.3) is 17.6 Å². The van der Waals surface area contributed by atoms with E-state index < -0.39 is 155 Å². The molecule has 34 heteroatoms. The minimum absolute atomic E-state index is 0.0447. The predicted octanol–water partition coefficient (Wildman–Crippen LogP) is 12.9. The maximum absolute atomic E-state index is 14.1. The zero-order chi connectivity index (χ0) is 86.3. The van der Waals surface area contributed by atoms with Crippen molar-refractivity contribution in [2.24, 2.45) is 0 Å². The Bertz CT molecular complexity index is 3650. The van der Waals surface area contributed by atoms with Crippen LogP contribution in [-0.4, -0.2) is 202 Å². The zero-order valence-electron chi connectivity index (χ0n) is 67.0. The van der Waals surface area contributed by atoms with Crippen molar-refractivity contribution in [3.8, 4) is 0 Å². The summed E-state index contributed by atoms with van der Waals surface area (Å²) in [6.07, 6.45) is -1.48. The number of rotatable bonds is 21. The number of alkyl halides is 4. The van der Waals surface area contributed by atoms with Crippen LogP contribution in [0, 0.1) is 0 Å². The van der Waals surface area contributed by atoms with Gasteiger partial charge in [-0.15, -0.1) is 0 Å². The summed E-state index contributed by atoms with van der Waals surface area (Å²) in [4.78, 5) is 163. The molecule has 3 heterocycles. The Labute approximate surface area is 650 Å². The van der Waals surface area contributed by atoms with Gasteiger partial charge in [-0.25, -0.2) is 51.1 Å². The van der Waals surface area contributed by atoms with Crippen LogP contribution in [0.15, 0.2) is 91.0 Å². The molecule has 3 aromatic carbocycles. The highest BCUT2D eigenvalue weighted by Gasteiger charge is 2.58. The van der Waals surface area contributed by atoms with Crippen LogP contribution in [0.4, 0.5) is 31.9 Å². The first-order chi connectivity index (χ1) is 51.5. The topological polar surface area (TPSA) is 420 Å². The van der Waals surface area contributed by atoms with E-state index in [1.165, 1.54) is 0 Å². The molecule has 3 N–H and O–H groups in total. The van der Waals surface area contributed by atoms with E-state index in [1.54, 1.807) is 165 Å². The van der Waals surface area contributed by atoms with Gasteiger partial charge < -0.3 is 58.7 Å². The largest absolute Gasteiger partial charge is 0.481 e. The predicted molar refractivity (Wildman–Crippen MR) is 395 cm³/mol. The number of likely N-dealkylation sites (tertiary alicyclic amines) is 3. The van der Waals surface area contributed by atoms with Crippen molar-refractivity contribution in [1.29, 1.82) is 0 Å². The number of carbonyl (C=O) groups excluding carboxylic acids is 11. The smallest absolute Gasteiger partial charge is 0.441 e. The molecular formula is C78H109F4N5O25. The highest BCUT2D eigenvalue weighted by Crippen LogP contribution is 2.37. The standard InChI is InChI=1S/C17H21F2NO4.C17H21NO5.C13H13F2NO4.C10H16N2O3.C10H18O3.C7H12O4.C4H8O2/c1-16(2,3)24-14(21)13-17(18,19)9-10-20(13)15(22)23-11-12-7-5-4-6-8-12;1-17(2,3)23-15(20)14-13(19)9-10-18(14)16(21)22-11-12-7-5-4-6-8-12;14-13(15)6-7-16(10(13)11(17)18)12(19)20-8-9-4-2-1-3-5-9;1-5-6-7(13)8(12-11)9(14)15-10(2,3)4;1-5-6-8(11)7-9(12)13-10(2,3)4;1-7(2,3)11-6(10)4-5(8)9;1-2-3-4(5)6/h4-8,13H,9-11H2,1-3H3;4-8,14H,9-11H2,1-3H3;1-5,10H,6-8H2,(H,17,18);5-6H2,1-4H3;5-7H2,1-4H3;4H2,1-3H3,(H,8,9);2-3H2,1H3,(H,5,6)/t;;10-;;;;/m..1..../s1. The van der Waals surface area contributed by atoms with Crippen molar-refractivity contribution >= 4 is 89.1 Å². The second-order valence-corrected chi connectivity index (χ2v) is 30.0. The van der Waals surface area contributed by atoms with Gasteiger partial charge in [0.1, 0.15) is 66.5 Å². The SMILES string of the molecule is CC(C)(C)OC(=O)C1C(=O)CCN1C(=O)OCc1ccccc1.CC(C)(C)OC(=O)C1N(C(=O)OCc2ccccc2)CCC1(F)F.CC(C)(C)OC(=O)CC(=O)O.CCCC(=O)C(=[N+]=[N-])C(=O)OC(C)(C)C.CCCC(=O)CC(=O)OC(C)(C)C.CCCC(=O)O.O=C(O)[C@H]1N(C(=O)OCc2ccccc2)CCC1(F)F. The van der Waals surface area contributed by atoms with Crippen molar-refractivity contribution in [3.63, 3.8) is 0 Å². The van der Waals surface area contributed by atoms with Crippen LogP contribution >= 0.6 is 0 Å². The van der Waals surface area contributed by atoms with E-state index in [1.807, 2.05) is 50.2 Å². The number of ether oxygens (including phenoxy) is 8.